The summed E-state index contributed by atoms with van der Waals surface area (Å²) in [6, 6.07) is 8.69. The van der Waals surface area contributed by atoms with Gasteiger partial charge in [0, 0.05) is 18.2 Å². The number of fused-ring (bicyclic) bond motifs is 1. The Morgan fingerprint density at radius 2 is 1.80 bits per heavy atom. The third-order valence-corrected chi connectivity index (χ3v) is 7.25. The highest BCUT2D eigenvalue weighted by Crippen LogP contribution is 2.31. The van der Waals surface area contributed by atoms with Crippen molar-refractivity contribution >= 4 is 27.1 Å². The van der Waals surface area contributed by atoms with Crippen LogP contribution in [-0.4, -0.2) is 32.5 Å². The second kappa shape index (κ2) is 6.92. The number of hydrogen-bond donors (Lipinski definition) is 0. The molecule has 1 unspecified atom stereocenters. The molecule has 0 radical (unpaired) electrons. The number of nitrogens with zero attached hydrogens (tertiary/aromatic N) is 1. The fourth-order valence-corrected chi connectivity index (χ4v) is 5.03. The maximum absolute atomic E-state index is 12.8. The van der Waals surface area contributed by atoms with Gasteiger partial charge in [0.15, 0.2) is 9.84 Å². The molecule has 0 bridgehead atoms. The summed E-state index contributed by atoms with van der Waals surface area (Å²) < 4.78 is 23.1. The second-order valence-corrected chi connectivity index (χ2v) is 9.85. The minimum atomic E-state index is -3.21. The van der Waals surface area contributed by atoms with Crippen LogP contribution in [0.3, 0.4) is 0 Å². The zero-order chi connectivity index (χ0) is 18.2. The third kappa shape index (κ3) is 3.80. The summed E-state index contributed by atoms with van der Waals surface area (Å²) >= 11 is 1.62. The lowest BCUT2D eigenvalue weighted by Crippen LogP contribution is -2.29. The molecule has 134 valence electrons. The maximum atomic E-state index is 12.8. The molecule has 1 atom stereocenters. The molecular formula is C19H23NO3S2. The number of amides is 1. The molecule has 1 aliphatic rings. The van der Waals surface area contributed by atoms with E-state index in [2.05, 4.69) is 6.07 Å². The van der Waals surface area contributed by atoms with E-state index < -0.39 is 9.84 Å². The summed E-state index contributed by atoms with van der Waals surface area (Å²) in [6.07, 6.45) is 5.76. The predicted molar refractivity (Wildman–Crippen MR) is 101 cm³/mol. The topological polar surface area (TPSA) is 54.5 Å². The number of aryl methyl sites for hydroxylation is 2. The molecule has 25 heavy (non-hydrogen) atoms. The van der Waals surface area contributed by atoms with E-state index >= 15 is 0 Å². The molecule has 0 fully saturated rings. The molecule has 1 aromatic carbocycles. The van der Waals surface area contributed by atoms with Gasteiger partial charge in [-0.3, -0.25) is 4.79 Å². The average Bonchev–Trinajstić information content (AvgIpc) is 3.03. The normalized spacial score (nSPS) is 15.5. The van der Waals surface area contributed by atoms with E-state index in [0.29, 0.717) is 4.90 Å². The van der Waals surface area contributed by atoms with Gasteiger partial charge in [-0.1, -0.05) is 12.1 Å². The lowest BCUT2D eigenvalue weighted by molar-refractivity contribution is 0.0747. The Kier molecular flexibility index (Phi) is 5.02. The van der Waals surface area contributed by atoms with Crippen molar-refractivity contribution < 1.29 is 13.2 Å². The number of carbonyl (C=O) groups excluding carboxylic acids is 1. The van der Waals surface area contributed by atoms with Gasteiger partial charge in [0.25, 0.3) is 5.91 Å². The number of carbonyl (C=O) groups is 1. The molecule has 1 heterocycles. The summed E-state index contributed by atoms with van der Waals surface area (Å²) in [6.45, 7) is 1.96. The van der Waals surface area contributed by atoms with Crippen molar-refractivity contribution in [3.05, 3.63) is 51.2 Å². The molecule has 0 aliphatic heterocycles. The maximum Gasteiger partial charge on any atom is 0.264 e. The van der Waals surface area contributed by atoms with Gasteiger partial charge in [-0.25, -0.2) is 8.42 Å². The standard InChI is InChI=1S/C19H23NO3S2/c1-13(14-8-10-16(11-9-14)25(3,22)23)20(2)19(21)18-12-15-6-4-5-7-17(15)24-18/h8-13H,4-7H2,1-3H3. The molecule has 0 saturated heterocycles. The first-order valence-corrected chi connectivity index (χ1v) is 11.2. The third-order valence-electron chi connectivity index (χ3n) is 4.90. The Morgan fingerprint density at radius 3 is 2.40 bits per heavy atom. The molecule has 0 spiro atoms. The van der Waals surface area contributed by atoms with Crippen LogP contribution in [0.1, 0.15) is 51.5 Å². The molecule has 4 nitrogen and oxygen atoms in total. The van der Waals surface area contributed by atoms with Crippen LogP contribution in [0.5, 0.6) is 0 Å². The largest absolute Gasteiger partial charge is 0.334 e. The molecule has 1 aromatic heterocycles. The summed E-state index contributed by atoms with van der Waals surface area (Å²) in [4.78, 5) is 17.0. The highest BCUT2D eigenvalue weighted by atomic mass is 32.2. The van der Waals surface area contributed by atoms with Crippen molar-refractivity contribution in [3.63, 3.8) is 0 Å². The molecule has 0 N–H and O–H groups in total. The second-order valence-electron chi connectivity index (χ2n) is 6.70. The van der Waals surface area contributed by atoms with Gasteiger partial charge in [0.1, 0.15) is 0 Å². The SMILES string of the molecule is CC(c1ccc(S(C)(=O)=O)cc1)N(C)C(=O)c1cc2c(s1)CCCC2. The monoisotopic (exact) mass is 377 g/mol. The highest BCUT2D eigenvalue weighted by Gasteiger charge is 2.23. The number of benzene rings is 1. The zero-order valence-corrected chi connectivity index (χ0v) is 16.4. The Hall–Kier alpha value is -1.66. The Bertz CT molecular complexity index is 858. The summed E-state index contributed by atoms with van der Waals surface area (Å²) in [5.74, 6) is 0.0269. The molecule has 2 aromatic rings. The fourth-order valence-electron chi connectivity index (χ4n) is 3.16. The van der Waals surface area contributed by atoms with Crippen LogP contribution in [0, 0.1) is 0 Å². The smallest absolute Gasteiger partial charge is 0.264 e. The molecule has 1 amide bonds. The summed E-state index contributed by atoms with van der Waals surface area (Å²) in [5, 5.41) is 0. The van der Waals surface area contributed by atoms with E-state index in [1.54, 1.807) is 47.5 Å². The van der Waals surface area contributed by atoms with Crippen molar-refractivity contribution in [1.82, 2.24) is 4.90 Å². The fraction of sp³-hybridized carbons (Fsp3) is 0.421. The average molecular weight is 378 g/mol. The van der Waals surface area contributed by atoms with Crippen LogP contribution in [0.2, 0.25) is 0 Å². The van der Waals surface area contributed by atoms with Crippen LogP contribution >= 0.6 is 11.3 Å². The van der Waals surface area contributed by atoms with Crippen LogP contribution in [0.25, 0.3) is 0 Å². The van der Waals surface area contributed by atoms with Gasteiger partial charge in [0.2, 0.25) is 0 Å². The van der Waals surface area contributed by atoms with Gasteiger partial charge in [-0.2, -0.15) is 0 Å². The molecule has 1 aliphatic carbocycles. The predicted octanol–water partition coefficient (Wildman–Crippen LogP) is 3.86. The van der Waals surface area contributed by atoms with Gasteiger partial charge < -0.3 is 4.90 Å². The number of rotatable bonds is 4. The van der Waals surface area contributed by atoms with E-state index in [1.807, 2.05) is 6.92 Å². The first-order valence-electron chi connectivity index (χ1n) is 8.46. The van der Waals surface area contributed by atoms with Crippen molar-refractivity contribution in [2.75, 3.05) is 13.3 Å². The zero-order valence-electron chi connectivity index (χ0n) is 14.8. The lowest BCUT2D eigenvalue weighted by Gasteiger charge is -2.25. The minimum Gasteiger partial charge on any atom is -0.334 e. The van der Waals surface area contributed by atoms with Crippen LogP contribution < -0.4 is 0 Å². The Balaban J connectivity index is 1.78. The van der Waals surface area contributed by atoms with Crippen LogP contribution in [-0.2, 0) is 22.7 Å². The van der Waals surface area contributed by atoms with Gasteiger partial charge >= 0.3 is 0 Å². The Labute approximate surface area is 153 Å². The molecule has 6 heteroatoms. The first kappa shape index (κ1) is 18.1. The van der Waals surface area contributed by atoms with E-state index in [0.717, 1.165) is 23.3 Å². The van der Waals surface area contributed by atoms with E-state index in [4.69, 9.17) is 0 Å². The quantitative estimate of drug-likeness (QED) is 0.813. The van der Waals surface area contributed by atoms with E-state index in [-0.39, 0.29) is 11.9 Å². The summed E-state index contributed by atoms with van der Waals surface area (Å²) in [5.41, 5.74) is 2.25. The first-order chi connectivity index (χ1) is 11.8. The van der Waals surface area contributed by atoms with Gasteiger partial charge in [-0.05, 0) is 61.9 Å². The van der Waals surface area contributed by atoms with Crippen molar-refractivity contribution in [1.29, 1.82) is 0 Å². The van der Waals surface area contributed by atoms with E-state index in [9.17, 15) is 13.2 Å². The van der Waals surface area contributed by atoms with Gasteiger partial charge in [0.05, 0.1) is 15.8 Å². The lowest BCUT2D eigenvalue weighted by atomic mass is 9.99. The molecule has 3 rings (SSSR count). The minimum absolute atomic E-state index is 0.0269. The Morgan fingerprint density at radius 1 is 1.16 bits per heavy atom. The number of sulfone groups is 1. The van der Waals surface area contributed by atoms with Crippen molar-refractivity contribution in [2.24, 2.45) is 0 Å². The van der Waals surface area contributed by atoms with Crippen LogP contribution in [0.4, 0.5) is 0 Å². The van der Waals surface area contributed by atoms with E-state index in [1.165, 1.54) is 29.5 Å². The van der Waals surface area contributed by atoms with Crippen molar-refractivity contribution in [2.45, 2.75) is 43.5 Å². The number of thiophene rings is 1. The van der Waals surface area contributed by atoms with Crippen molar-refractivity contribution in [3.8, 4) is 0 Å². The molecular weight excluding hydrogens is 354 g/mol. The van der Waals surface area contributed by atoms with Gasteiger partial charge in [-0.15, -0.1) is 11.3 Å². The number of hydrogen-bond acceptors (Lipinski definition) is 4. The van der Waals surface area contributed by atoms with Crippen LogP contribution in [0.15, 0.2) is 35.2 Å². The molecule has 0 saturated carbocycles. The summed E-state index contributed by atoms with van der Waals surface area (Å²) in [7, 11) is -1.40. The highest BCUT2D eigenvalue weighted by molar-refractivity contribution is 7.90.